The first-order valence-corrected chi connectivity index (χ1v) is 33.0. The molecule has 1 unspecified atom stereocenters. The molecule has 0 aromatic heterocycles. The van der Waals surface area contributed by atoms with Crippen LogP contribution in [0, 0.1) is 0 Å². The van der Waals surface area contributed by atoms with Gasteiger partial charge in [0.1, 0.15) is 13.2 Å². The molecular weight excluding hydrogens is 913 g/mol. The maximum absolute atomic E-state index is 12.8. The Bertz CT molecular complexity index is 1240. The summed E-state index contributed by atoms with van der Waals surface area (Å²) in [6.07, 6.45) is 77.9. The minimum atomic E-state index is -0.776. The van der Waals surface area contributed by atoms with Crippen molar-refractivity contribution < 1.29 is 28.6 Å². The van der Waals surface area contributed by atoms with Crippen molar-refractivity contribution in [2.24, 2.45) is 0 Å². The summed E-state index contributed by atoms with van der Waals surface area (Å²) in [6.45, 7) is 6.52. The van der Waals surface area contributed by atoms with Crippen molar-refractivity contribution >= 4 is 17.9 Å². The van der Waals surface area contributed by atoms with Gasteiger partial charge in [0.25, 0.3) is 0 Å². The van der Waals surface area contributed by atoms with Crippen molar-refractivity contribution in [1.29, 1.82) is 0 Å². The Labute approximate surface area is 461 Å². The highest BCUT2D eigenvalue weighted by Gasteiger charge is 2.19. The molecule has 0 spiro atoms. The van der Waals surface area contributed by atoms with Gasteiger partial charge in [-0.25, -0.2) is 0 Å². The van der Waals surface area contributed by atoms with Crippen LogP contribution in [0.5, 0.6) is 0 Å². The van der Waals surface area contributed by atoms with Crippen molar-refractivity contribution in [2.75, 3.05) is 13.2 Å². The summed E-state index contributed by atoms with van der Waals surface area (Å²) in [5.41, 5.74) is 0. The molecule has 0 rings (SSSR count). The maximum atomic E-state index is 12.8. The van der Waals surface area contributed by atoms with Crippen LogP contribution in [-0.4, -0.2) is 37.2 Å². The monoisotopic (exact) mass is 1040 g/mol. The summed E-state index contributed by atoms with van der Waals surface area (Å²) in [6, 6.07) is 0. The van der Waals surface area contributed by atoms with E-state index in [1.165, 1.54) is 225 Å². The van der Waals surface area contributed by atoms with Crippen LogP contribution in [0.15, 0.2) is 36.5 Å². The number of rotatable bonds is 61. The van der Waals surface area contributed by atoms with Crippen molar-refractivity contribution in [2.45, 2.75) is 367 Å². The van der Waals surface area contributed by atoms with Gasteiger partial charge >= 0.3 is 17.9 Å². The maximum Gasteiger partial charge on any atom is 0.306 e. The van der Waals surface area contributed by atoms with Gasteiger partial charge in [0.15, 0.2) is 6.10 Å². The molecule has 0 aliphatic carbocycles. The molecule has 0 bridgehead atoms. The van der Waals surface area contributed by atoms with Crippen LogP contribution in [0.25, 0.3) is 0 Å². The van der Waals surface area contributed by atoms with Crippen molar-refractivity contribution in [3.63, 3.8) is 0 Å². The van der Waals surface area contributed by atoms with Crippen LogP contribution in [0.4, 0.5) is 0 Å². The van der Waals surface area contributed by atoms with E-state index < -0.39 is 6.10 Å². The standard InChI is InChI=1S/C68H126O6/c1-4-7-10-13-16-18-20-22-24-25-26-27-28-29-30-31-32-33-34-35-36-37-38-39-40-41-42-44-45-47-49-52-55-58-61-67(70)73-64-65(63-72-66(69)60-57-54-51-15-12-9-6-3)74-68(71)62-59-56-53-50-48-46-43-23-21-19-17-14-11-8-5-2/h8,11,17,19,23,43,65H,4-7,9-10,12-16,18,20-22,24-42,44-64H2,1-3H3/b11-8-,19-17-,43-23-. The molecule has 0 N–H and O–H groups in total. The summed E-state index contributed by atoms with van der Waals surface area (Å²) in [4.78, 5) is 38.0. The largest absolute Gasteiger partial charge is 0.462 e. The smallest absolute Gasteiger partial charge is 0.306 e. The Balaban J connectivity index is 3.91. The second-order valence-electron chi connectivity index (χ2n) is 22.4. The van der Waals surface area contributed by atoms with E-state index in [-0.39, 0.29) is 31.1 Å². The SMILES string of the molecule is CC/C=C\C/C=C\C/C=C\CCCCCCCC(=O)OC(COC(=O)CCCCCCCCC)COC(=O)CCCCCCCCCCCCCCCCCCCCCCCCCCCCCCCCCCCC. The molecular formula is C68H126O6. The van der Waals surface area contributed by atoms with Gasteiger partial charge in [0, 0.05) is 19.3 Å². The molecule has 0 amide bonds. The lowest BCUT2D eigenvalue weighted by Gasteiger charge is -2.18. The molecule has 0 aliphatic heterocycles. The molecule has 0 fully saturated rings. The number of carbonyl (C=O) groups excluding carboxylic acids is 3. The molecule has 0 aromatic rings. The molecule has 1 atom stereocenters. The van der Waals surface area contributed by atoms with Crippen LogP contribution in [0.1, 0.15) is 361 Å². The van der Waals surface area contributed by atoms with Gasteiger partial charge in [-0.2, -0.15) is 0 Å². The summed E-state index contributed by atoms with van der Waals surface area (Å²) >= 11 is 0. The summed E-state index contributed by atoms with van der Waals surface area (Å²) < 4.78 is 16.8. The fraction of sp³-hybridized carbons (Fsp3) is 0.868. The van der Waals surface area contributed by atoms with Crippen LogP contribution < -0.4 is 0 Å². The lowest BCUT2D eigenvalue weighted by molar-refractivity contribution is -0.167. The van der Waals surface area contributed by atoms with Gasteiger partial charge in [-0.15, -0.1) is 0 Å². The average molecular weight is 1040 g/mol. The van der Waals surface area contributed by atoms with Gasteiger partial charge in [0.2, 0.25) is 0 Å². The third-order valence-electron chi connectivity index (χ3n) is 14.9. The predicted octanol–water partition coefficient (Wildman–Crippen LogP) is 22.4. The first-order chi connectivity index (χ1) is 36.5. The summed E-state index contributed by atoms with van der Waals surface area (Å²) in [5.74, 6) is -0.881. The van der Waals surface area contributed by atoms with Crippen LogP contribution in [0.3, 0.4) is 0 Å². The molecule has 434 valence electrons. The topological polar surface area (TPSA) is 78.9 Å². The first-order valence-electron chi connectivity index (χ1n) is 33.0. The molecule has 0 radical (unpaired) electrons. The number of esters is 3. The predicted molar refractivity (Wildman–Crippen MR) is 321 cm³/mol. The Hall–Kier alpha value is -2.37. The normalized spacial score (nSPS) is 12.2. The fourth-order valence-corrected chi connectivity index (χ4v) is 9.99. The van der Waals surface area contributed by atoms with Gasteiger partial charge in [-0.3, -0.25) is 14.4 Å². The number of allylic oxidation sites excluding steroid dienone is 6. The van der Waals surface area contributed by atoms with Crippen LogP contribution in [0.2, 0.25) is 0 Å². The zero-order chi connectivity index (χ0) is 53.6. The second kappa shape index (κ2) is 63.2. The van der Waals surface area contributed by atoms with E-state index in [2.05, 4.69) is 57.2 Å². The third kappa shape index (κ3) is 60.5. The number of ether oxygens (including phenoxy) is 3. The van der Waals surface area contributed by atoms with E-state index in [0.717, 1.165) is 96.3 Å². The van der Waals surface area contributed by atoms with E-state index >= 15 is 0 Å². The number of carbonyl (C=O) groups is 3. The second-order valence-corrected chi connectivity index (χ2v) is 22.4. The zero-order valence-electron chi connectivity index (χ0n) is 49.9. The van der Waals surface area contributed by atoms with Gasteiger partial charge in [-0.05, 0) is 51.4 Å². The fourth-order valence-electron chi connectivity index (χ4n) is 9.99. The highest BCUT2D eigenvalue weighted by molar-refractivity contribution is 5.71. The highest BCUT2D eigenvalue weighted by Crippen LogP contribution is 2.18. The highest BCUT2D eigenvalue weighted by atomic mass is 16.6. The first kappa shape index (κ1) is 71.6. The van der Waals surface area contributed by atoms with Gasteiger partial charge in [-0.1, -0.05) is 327 Å². The molecule has 0 aliphatic rings. The Morgan fingerprint density at radius 2 is 0.527 bits per heavy atom. The van der Waals surface area contributed by atoms with E-state index in [1.807, 2.05) is 0 Å². The molecule has 0 saturated heterocycles. The summed E-state index contributed by atoms with van der Waals surface area (Å²) in [7, 11) is 0. The lowest BCUT2D eigenvalue weighted by Crippen LogP contribution is -2.30. The Morgan fingerprint density at radius 1 is 0.284 bits per heavy atom. The molecule has 0 saturated carbocycles. The minimum Gasteiger partial charge on any atom is -0.462 e. The van der Waals surface area contributed by atoms with E-state index in [0.29, 0.717) is 19.3 Å². The van der Waals surface area contributed by atoms with E-state index in [9.17, 15) is 14.4 Å². The number of unbranched alkanes of at least 4 members (excludes halogenated alkanes) is 44. The quantitative estimate of drug-likeness (QED) is 0.0261. The Kier molecular flexibility index (Phi) is 61.1. The van der Waals surface area contributed by atoms with Gasteiger partial charge in [0.05, 0.1) is 0 Å². The number of hydrogen-bond donors (Lipinski definition) is 0. The van der Waals surface area contributed by atoms with Crippen molar-refractivity contribution in [3.05, 3.63) is 36.5 Å². The van der Waals surface area contributed by atoms with Crippen LogP contribution in [-0.2, 0) is 28.6 Å². The van der Waals surface area contributed by atoms with Crippen molar-refractivity contribution in [3.8, 4) is 0 Å². The third-order valence-corrected chi connectivity index (χ3v) is 14.9. The van der Waals surface area contributed by atoms with Crippen LogP contribution >= 0.6 is 0 Å². The average Bonchev–Trinajstić information content (AvgIpc) is 3.40. The summed E-state index contributed by atoms with van der Waals surface area (Å²) in [5, 5.41) is 0. The Morgan fingerprint density at radius 3 is 0.824 bits per heavy atom. The molecule has 6 heteroatoms. The van der Waals surface area contributed by atoms with E-state index in [4.69, 9.17) is 14.2 Å². The zero-order valence-corrected chi connectivity index (χ0v) is 49.9. The molecule has 74 heavy (non-hydrogen) atoms. The van der Waals surface area contributed by atoms with Crippen molar-refractivity contribution in [1.82, 2.24) is 0 Å². The molecule has 6 nitrogen and oxygen atoms in total. The number of hydrogen-bond acceptors (Lipinski definition) is 6. The lowest BCUT2D eigenvalue weighted by atomic mass is 10.0. The van der Waals surface area contributed by atoms with E-state index in [1.54, 1.807) is 0 Å². The molecule has 0 heterocycles. The molecule has 0 aromatic carbocycles. The minimum absolute atomic E-state index is 0.0752. The van der Waals surface area contributed by atoms with Gasteiger partial charge < -0.3 is 14.2 Å².